The highest BCUT2D eigenvalue weighted by Gasteiger charge is 2.06. The van der Waals surface area contributed by atoms with Gasteiger partial charge in [-0.15, -0.1) is 10.2 Å². The molecule has 1 heterocycles. The normalized spacial score (nSPS) is 10.3. The van der Waals surface area contributed by atoms with Gasteiger partial charge in [0.1, 0.15) is 5.78 Å². The van der Waals surface area contributed by atoms with Crippen molar-refractivity contribution in [1.82, 2.24) is 10.2 Å². The number of benzene rings is 1. The van der Waals surface area contributed by atoms with Gasteiger partial charge in [-0.3, -0.25) is 4.79 Å². The van der Waals surface area contributed by atoms with Gasteiger partial charge in [0.15, 0.2) is 5.82 Å². The number of aryl methyl sites for hydroxylation is 1. The molecule has 0 bridgehead atoms. The number of rotatable bonds is 4. The number of hydrogen-bond acceptors (Lipinski definition) is 4. The Morgan fingerprint density at radius 2 is 1.79 bits per heavy atom. The van der Waals surface area contributed by atoms with E-state index in [-0.39, 0.29) is 5.78 Å². The van der Waals surface area contributed by atoms with E-state index in [1.54, 1.807) is 11.8 Å². The maximum atomic E-state index is 11.1. The van der Waals surface area contributed by atoms with E-state index < -0.39 is 0 Å². The highest BCUT2D eigenvalue weighted by Crippen LogP contribution is 2.18. The van der Waals surface area contributed by atoms with Crippen molar-refractivity contribution in [2.45, 2.75) is 13.8 Å². The summed E-state index contributed by atoms with van der Waals surface area (Å²) in [5.74, 6) is 0.804. The maximum absolute atomic E-state index is 11.1. The summed E-state index contributed by atoms with van der Waals surface area (Å²) in [6, 6.07) is 11.9. The van der Waals surface area contributed by atoms with E-state index in [1.165, 1.54) is 5.56 Å². The van der Waals surface area contributed by atoms with Gasteiger partial charge < -0.3 is 4.90 Å². The summed E-state index contributed by atoms with van der Waals surface area (Å²) in [6.07, 6.45) is 0. The summed E-state index contributed by atoms with van der Waals surface area (Å²) in [6.45, 7) is 3.96. The van der Waals surface area contributed by atoms with Gasteiger partial charge in [0.2, 0.25) is 0 Å². The Labute approximate surface area is 113 Å². The van der Waals surface area contributed by atoms with Crippen LogP contribution in [-0.2, 0) is 4.79 Å². The van der Waals surface area contributed by atoms with Crippen molar-refractivity contribution < 1.29 is 4.79 Å². The number of ketones is 1. The van der Waals surface area contributed by atoms with Crippen molar-refractivity contribution in [2.24, 2.45) is 0 Å². The van der Waals surface area contributed by atoms with Gasteiger partial charge in [-0.25, -0.2) is 0 Å². The zero-order valence-corrected chi connectivity index (χ0v) is 11.4. The molecule has 0 atom stereocenters. The molecular weight excluding hydrogens is 238 g/mol. The molecule has 2 rings (SSSR count). The van der Waals surface area contributed by atoms with E-state index >= 15 is 0 Å². The van der Waals surface area contributed by atoms with Gasteiger partial charge in [-0.1, -0.05) is 29.8 Å². The van der Waals surface area contributed by atoms with Gasteiger partial charge in [0.25, 0.3) is 0 Å². The third kappa shape index (κ3) is 3.37. The molecule has 1 aromatic carbocycles. The van der Waals surface area contributed by atoms with Crippen molar-refractivity contribution in [3.05, 3.63) is 42.0 Å². The second kappa shape index (κ2) is 5.61. The van der Waals surface area contributed by atoms with Crippen LogP contribution in [0.15, 0.2) is 36.4 Å². The van der Waals surface area contributed by atoms with Crippen LogP contribution in [0.3, 0.4) is 0 Å². The van der Waals surface area contributed by atoms with Crippen LogP contribution in [0.25, 0.3) is 11.3 Å². The van der Waals surface area contributed by atoms with Crippen LogP contribution in [-0.4, -0.2) is 29.6 Å². The first kappa shape index (κ1) is 13.2. The predicted molar refractivity (Wildman–Crippen MR) is 76.2 cm³/mol. The fraction of sp³-hybridized carbons (Fsp3) is 0.267. The number of carbonyl (C=O) groups excluding carboxylic acids is 1. The van der Waals surface area contributed by atoms with Crippen molar-refractivity contribution in [1.29, 1.82) is 0 Å². The van der Waals surface area contributed by atoms with Crippen molar-refractivity contribution in [2.75, 3.05) is 18.5 Å². The average Bonchev–Trinajstić information content (AvgIpc) is 2.39. The molecule has 0 aliphatic rings. The summed E-state index contributed by atoms with van der Waals surface area (Å²) in [5.41, 5.74) is 3.09. The van der Waals surface area contributed by atoms with Crippen LogP contribution >= 0.6 is 0 Å². The van der Waals surface area contributed by atoms with E-state index in [0.717, 1.165) is 11.3 Å². The van der Waals surface area contributed by atoms with Crippen molar-refractivity contribution in [3.63, 3.8) is 0 Å². The molecule has 0 amide bonds. The van der Waals surface area contributed by atoms with Crippen molar-refractivity contribution in [3.8, 4) is 11.3 Å². The second-order valence-electron chi connectivity index (χ2n) is 4.70. The molecule has 0 aliphatic heterocycles. The number of likely N-dealkylation sites (N-methyl/N-ethyl adjacent to an activating group) is 1. The predicted octanol–water partition coefficient (Wildman–Crippen LogP) is 2.48. The number of anilines is 1. The molecule has 0 N–H and O–H groups in total. The zero-order valence-electron chi connectivity index (χ0n) is 11.4. The Hall–Kier alpha value is -2.23. The molecule has 0 spiro atoms. The van der Waals surface area contributed by atoms with Gasteiger partial charge in [0.05, 0.1) is 12.2 Å². The fourth-order valence-corrected chi connectivity index (χ4v) is 1.82. The summed E-state index contributed by atoms with van der Waals surface area (Å²) < 4.78 is 0. The molecule has 4 nitrogen and oxygen atoms in total. The minimum Gasteiger partial charge on any atom is -0.351 e. The molecule has 1 aromatic heterocycles. The van der Waals surface area contributed by atoms with Crippen LogP contribution in [0.5, 0.6) is 0 Å². The summed E-state index contributed by atoms with van der Waals surface area (Å²) in [4.78, 5) is 12.8. The van der Waals surface area contributed by atoms with E-state index in [2.05, 4.69) is 17.1 Å². The quantitative estimate of drug-likeness (QED) is 0.842. The third-order valence-corrected chi connectivity index (χ3v) is 2.85. The van der Waals surface area contributed by atoms with E-state index in [1.807, 2.05) is 43.4 Å². The molecule has 0 saturated heterocycles. The summed E-state index contributed by atoms with van der Waals surface area (Å²) in [7, 11) is 1.83. The Bertz CT molecular complexity index is 561. The van der Waals surface area contributed by atoms with Gasteiger partial charge in [0, 0.05) is 12.6 Å². The van der Waals surface area contributed by atoms with E-state index in [9.17, 15) is 4.79 Å². The monoisotopic (exact) mass is 255 g/mol. The third-order valence-electron chi connectivity index (χ3n) is 2.85. The highest BCUT2D eigenvalue weighted by atomic mass is 16.1. The SMILES string of the molecule is CC(=O)CN(C)c1ccc(-c2ccc(C)cc2)nn1. The molecule has 0 aliphatic carbocycles. The lowest BCUT2D eigenvalue weighted by Gasteiger charge is -2.15. The average molecular weight is 255 g/mol. The Kier molecular flexibility index (Phi) is 3.90. The molecule has 0 saturated carbocycles. The maximum Gasteiger partial charge on any atom is 0.151 e. The molecule has 98 valence electrons. The number of nitrogens with zero attached hydrogens (tertiary/aromatic N) is 3. The van der Waals surface area contributed by atoms with Crippen LogP contribution in [0.4, 0.5) is 5.82 Å². The molecule has 0 fully saturated rings. The smallest absolute Gasteiger partial charge is 0.151 e. The number of aromatic nitrogens is 2. The van der Waals surface area contributed by atoms with Crippen LogP contribution in [0.2, 0.25) is 0 Å². The first-order chi connectivity index (χ1) is 9.06. The van der Waals surface area contributed by atoms with Gasteiger partial charge in [-0.05, 0) is 26.0 Å². The minimum atomic E-state index is 0.104. The lowest BCUT2D eigenvalue weighted by atomic mass is 10.1. The highest BCUT2D eigenvalue weighted by molar-refractivity contribution is 5.80. The summed E-state index contributed by atoms with van der Waals surface area (Å²) in [5, 5.41) is 8.36. The molecule has 19 heavy (non-hydrogen) atoms. The van der Waals surface area contributed by atoms with Gasteiger partial charge in [-0.2, -0.15) is 0 Å². The Morgan fingerprint density at radius 3 is 2.32 bits per heavy atom. The molecule has 4 heteroatoms. The lowest BCUT2D eigenvalue weighted by molar-refractivity contribution is -0.115. The van der Waals surface area contributed by atoms with Crippen molar-refractivity contribution >= 4 is 11.6 Å². The molecule has 0 unspecified atom stereocenters. The van der Waals surface area contributed by atoms with Crippen LogP contribution in [0.1, 0.15) is 12.5 Å². The number of carbonyl (C=O) groups is 1. The summed E-state index contributed by atoms with van der Waals surface area (Å²) >= 11 is 0. The second-order valence-corrected chi connectivity index (χ2v) is 4.70. The van der Waals surface area contributed by atoms with Crippen LogP contribution < -0.4 is 4.90 Å². The Morgan fingerprint density at radius 1 is 1.11 bits per heavy atom. The first-order valence-electron chi connectivity index (χ1n) is 6.17. The van der Waals surface area contributed by atoms with Gasteiger partial charge >= 0.3 is 0 Å². The fourth-order valence-electron chi connectivity index (χ4n) is 1.82. The largest absolute Gasteiger partial charge is 0.351 e. The van der Waals surface area contributed by atoms with E-state index in [4.69, 9.17) is 0 Å². The van der Waals surface area contributed by atoms with Crippen LogP contribution in [0, 0.1) is 6.92 Å². The first-order valence-corrected chi connectivity index (χ1v) is 6.17. The standard InChI is InChI=1S/C15H17N3O/c1-11-4-6-13(7-5-11)14-8-9-15(17-16-14)18(3)10-12(2)19/h4-9H,10H2,1-3H3. The minimum absolute atomic E-state index is 0.104. The Balaban J connectivity index is 2.18. The topological polar surface area (TPSA) is 46.1 Å². The number of hydrogen-bond donors (Lipinski definition) is 0. The molecular formula is C15H17N3O. The van der Waals surface area contributed by atoms with E-state index in [0.29, 0.717) is 12.4 Å². The zero-order chi connectivity index (χ0) is 13.8. The molecule has 0 radical (unpaired) electrons. The number of Topliss-reactive ketones (excluding diaryl/α,β-unsaturated/α-hetero) is 1. The molecule has 2 aromatic rings. The lowest BCUT2D eigenvalue weighted by Crippen LogP contribution is -2.24.